The molecule has 0 aliphatic carbocycles. The minimum atomic E-state index is -0.191. The molecule has 0 saturated carbocycles. The summed E-state index contributed by atoms with van der Waals surface area (Å²) in [6.45, 7) is 3.95. The van der Waals surface area contributed by atoms with E-state index in [9.17, 15) is 4.79 Å². The van der Waals surface area contributed by atoms with Crippen molar-refractivity contribution in [1.29, 1.82) is 0 Å². The Kier molecular flexibility index (Phi) is 4.21. The number of tetrazole rings is 1. The molecule has 8 heteroatoms. The summed E-state index contributed by atoms with van der Waals surface area (Å²) in [5.41, 5.74) is 4.90. The monoisotopic (exact) mass is 359 g/mol. The molecule has 0 unspecified atom stereocenters. The summed E-state index contributed by atoms with van der Waals surface area (Å²) in [5.74, 6) is -0.191. The molecular formula is C19H17N7O. The van der Waals surface area contributed by atoms with Crippen LogP contribution in [0.4, 0.5) is 5.69 Å². The van der Waals surface area contributed by atoms with Gasteiger partial charge in [-0.2, -0.15) is 5.10 Å². The second-order valence-corrected chi connectivity index (χ2v) is 6.14. The minimum absolute atomic E-state index is 0.191. The highest BCUT2D eigenvalue weighted by Gasteiger charge is 2.09. The minimum Gasteiger partial charge on any atom is -0.322 e. The number of anilines is 1. The van der Waals surface area contributed by atoms with Crippen molar-refractivity contribution in [2.24, 2.45) is 0 Å². The molecule has 2 heterocycles. The molecule has 134 valence electrons. The van der Waals surface area contributed by atoms with Gasteiger partial charge in [-0.25, -0.2) is 9.36 Å². The number of aryl methyl sites for hydroxylation is 2. The van der Waals surface area contributed by atoms with E-state index in [4.69, 9.17) is 0 Å². The smallest absolute Gasteiger partial charge is 0.255 e. The molecule has 2 aromatic carbocycles. The van der Waals surface area contributed by atoms with Gasteiger partial charge in [0.15, 0.2) is 0 Å². The lowest BCUT2D eigenvalue weighted by Crippen LogP contribution is -2.12. The number of aromatic nitrogens is 6. The summed E-state index contributed by atoms with van der Waals surface area (Å²) in [6, 6.07) is 16.6. The first-order valence-electron chi connectivity index (χ1n) is 8.39. The first-order valence-corrected chi connectivity index (χ1v) is 8.39. The molecule has 0 aliphatic heterocycles. The zero-order valence-electron chi connectivity index (χ0n) is 14.9. The molecule has 0 fully saturated rings. The van der Waals surface area contributed by atoms with E-state index < -0.39 is 0 Å². The first-order chi connectivity index (χ1) is 13.1. The van der Waals surface area contributed by atoms with Crippen LogP contribution in [0.2, 0.25) is 0 Å². The second-order valence-electron chi connectivity index (χ2n) is 6.14. The van der Waals surface area contributed by atoms with E-state index in [-0.39, 0.29) is 5.91 Å². The molecule has 0 aliphatic rings. The van der Waals surface area contributed by atoms with Crippen molar-refractivity contribution >= 4 is 11.6 Å². The zero-order chi connectivity index (χ0) is 18.8. The number of nitrogens with zero attached hydrogens (tertiary/aromatic N) is 6. The van der Waals surface area contributed by atoms with Gasteiger partial charge >= 0.3 is 0 Å². The average Bonchev–Trinajstić information content (AvgIpc) is 3.32. The third kappa shape index (κ3) is 3.45. The van der Waals surface area contributed by atoms with Crippen LogP contribution < -0.4 is 5.32 Å². The van der Waals surface area contributed by atoms with Gasteiger partial charge in [0.2, 0.25) is 0 Å². The molecule has 2 aromatic heterocycles. The van der Waals surface area contributed by atoms with Crippen molar-refractivity contribution in [1.82, 2.24) is 30.0 Å². The number of carbonyl (C=O) groups is 1. The van der Waals surface area contributed by atoms with Crippen molar-refractivity contribution in [3.05, 3.63) is 77.9 Å². The third-order valence-electron chi connectivity index (χ3n) is 4.10. The Morgan fingerprint density at radius 2 is 1.81 bits per heavy atom. The lowest BCUT2D eigenvalue weighted by molar-refractivity contribution is 0.102. The number of rotatable bonds is 4. The Hall–Kier alpha value is -3.81. The van der Waals surface area contributed by atoms with Crippen LogP contribution >= 0.6 is 0 Å². The molecule has 0 spiro atoms. The van der Waals surface area contributed by atoms with Gasteiger partial charge in [-0.1, -0.05) is 6.07 Å². The molecule has 0 bridgehead atoms. The van der Waals surface area contributed by atoms with Crippen molar-refractivity contribution in [3.8, 4) is 11.4 Å². The maximum atomic E-state index is 12.6. The average molecular weight is 359 g/mol. The highest BCUT2D eigenvalue weighted by Crippen LogP contribution is 2.16. The van der Waals surface area contributed by atoms with Crippen LogP contribution in [0.1, 0.15) is 21.7 Å². The van der Waals surface area contributed by atoms with Crippen LogP contribution in [0.5, 0.6) is 0 Å². The molecule has 8 nitrogen and oxygen atoms in total. The quantitative estimate of drug-likeness (QED) is 0.605. The molecule has 27 heavy (non-hydrogen) atoms. The van der Waals surface area contributed by atoms with Crippen molar-refractivity contribution in [3.63, 3.8) is 0 Å². The maximum absolute atomic E-state index is 12.6. The first kappa shape index (κ1) is 16.6. The predicted molar refractivity (Wildman–Crippen MR) is 100 cm³/mol. The number of carbonyl (C=O) groups excluding carboxylic acids is 1. The molecule has 1 N–H and O–H groups in total. The maximum Gasteiger partial charge on any atom is 0.255 e. The lowest BCUT2D eigenvalue weighted by Gasteiger charge is -2.08. The normalized spacial score (nSPS) is 10.7. The topological polar surface area (TPSA) is 90.5 Å². The van der Waals surface area contributed by atoms with E-state index in [0.29, 0.717) is 11.3 Å². The van der Waals surface area contributed by atoms with E-state index in [2.05, 4.69) is 25.9 Å². The number of hydrogen-bond acceptors (Lipinski definition) is 5. The Bertz CT molecular complexity index is 1080. The number of benzene rings is 2. The van der Waals surface area contributed by atoms with Crippen LogP contribution in [0.3, 0.4) is 0 Å². The van der Waals surface area contributed by atoms with Gasteiger partial charge in [-0.05, 0) is 72.8 Å². The van der Waals surface area contributed by atoms with Gasteiger partial charge in [0.05, 0.1) is 17.1 Å². The Balaban J connectivity index is 1.52. The summed E-state index contributed by atoms with van der Waals surface area (Å²) < 4.78 is 3.38. The molecule has 1 amide bonds. The van der Waals surface area contributed by atoms with E-state index in [1.165, 1.54) is 11.0 Å². The van der Waals surface area contributed by atoms with Crippen LogP contribution in [-0.2, 0) is 0 Å². The van der Waals surface area contributed by atoms with Crippen molar-refractivity contribution in [2.45, 2.75) is 13.8 Å². The van der Waals surface area contributed by atoms with Gasteiger partial charge < -0.3 is 5.32 Å². The summed E-state index contributed by atoms with van der Waals surface area (Å²) >= 11 is 0. The molecule has 4 aromatic rings. The molecular weight excluding hydrogens is 342 g/mol. The standard InChI is InChI=1S/C19H17N7O/c1-13-10-14(2)26(22-13)17-8-6-15(7-9-17)19(27)21-16-4-3-5-18(11-16)25-12-20-23-24-25/h3-12H,1-2H3,(H,21,27). The lowest BCUT2D eigenvalue weighted by atomic mass is 10.2. The third-order valence-corrected chi connectivity index (χ3v) is 4.10. The zero-order valence-corrected chi connectivity index (χ0v) is 14.9. The Labute approximate surface area is 155 Å². The summed E-state index contributed by atoms with van der Waals surface area (Å²) in [6.07, 6.45) is 1.50. The van der Waals surface area contributed by atoms with Crippen LogP contribution in [0.15, 0.2) is 60.9 Å². The van der Waals surface area contributed by atoms with E-state index in [1.807, 2.05) is 54.9 Å². The Morgan fingerprint density at radius 1 is 1.00 bits per heavy atom. The van der Waals surface area contributed by atoms with E-state index in [0.717, 1.165) is 22.8 Å². The van der Waals surface area contributed by atoms with Crippen LogP contribution in [-0.4, -0.2) is 35.9 Å². The van der Waals surface area contributed by atoms with Gasteiger partial charge in [0, 0.05) is 16.9 Å². The van der Waals surface area contributed by atoms with E-state index in [1.54, 1.807) is 18.2 Å². The van der Waals surface area contributed by atoms with Gasteiger partial charge in [-0.3, -0.25) is 4.79 Å². The van der Waals surface area contributed by atoms with Gasteiger partial charge in [0.1, 0.15) is 6.33 Å². The summed E-state index contributed by atoms with van der Waals surface area (Å²) in [4.78, 5) is 12.6. The fraction of sp³-hybridized carbons (Fsp3) is 0.105. The van der Waals surface area contributed by atoms with Crippen molar-refractivity contribution in [2.75, 3.05) is 5.32 Å². The number of hydrogen-bond donors (Lipinski definition) is 1. The fourth-order valence-corrected chi connectivity index (χ4v) is 2.85. The summed E-state index contributed by atoms with van der Waals surface area (Å²) in [5, 5.41) is 18.4. The largest absolute Gasteiger partial charge is 0.322 e. The number of nitrogens with one attached hydrogen (secondary N) is 1. The highest BCUT2D eigenvalue weighted by atomic mass is 16.1. The van der Waals surface area contributed by atoms with Crippen LogP contribution in [0.25, 0.3) is 11.4 Å². The fourth-order valence-electron chi connectivity index (χ4n) is 2.85. The molecule has 4 rings (SSSR count). The van der Waals surface area contributed by atoms with E-state index >= 15 is 0 Å². The second kappa shape index (κ2) is 6.83. The van der Waals surface area contributed by atoms with Gasteiger partial charge in [0.25, 0.3) is 5.91 Å². The highest BCUT2D eigenvalue weighted by molar-refractivity contribution is 6.04. The molecule has 0 radical (unpaired) electrons. The van der Waals surface area contributed by atoms with Gasteiger partial charge in [-0.15, -0.1) is 5.10 Å². The SMILES string of the molecule is Cc1cc(C)n(-c2ccc(C(=O)Nc3cccc(-n4cnnn4)c3)cc2)n1. The summed E-state index contributed by atoms with van der Waals surface area (Å²) in [7, 11) is 0. The van der Waals surface area contributed by atoms with Crippen molar-refractivity contribution < 1.29 is 4.79 Å². The number of amides is 1. The molecule has 0 atom stereocenters. The Morgan fingerprint density at radius 3 is 2.48 bits per heavy atom. The molecule has 0 saturated heterocycles. The predicted octanol–water partition coefficient (Wildman–Crippen LogP) is 2.72. The van der Waals surface area contributed by atoms with Crippen LogP contribution in [0, 0.1) is 13.8 Å².